The molecule has 4 nitrogen and oxygen atoms in total. The molecule has 0 saturated carbocycles. The van der Waals surface area contributed by atoms with Crippen molar-refractivity contribution in [1.29, 1.82) is 0 Å². The van der Waals surface area contributed by atoms with E-state index in [1.165, 1.54) is 44.9 Å². The first-order valence-corrected chi connectivity index (χ1v) is 12.0. The molecule has 0 spiro atoms. The van der Waals surface area contributed by atoms with Gasteiger partial charge < -0.3 is 10.6 Å². The normalized spacial score (nSPS) is 13.4. The van der Waals surface area contributed by atoms with Crippen LogP contribution in [-0.4, -0.2) is 9.78 Å². The van der Waals surface area contributed by atoms with E-state index < -0.39 is 0 Å². The molecule has 0 bridgehead atoms. The first kappa shape index (κ1) is 22.3. The molecule has 0 radical (unpaired) electrons. The third-order valence-corrected chi connectivity index (χ3v) is 7.01. The van der Waals surface area contributed by atoms with Crippen LogP contribution in [0, 0.1) is 20.8 Å². The van der Waals surface area contributed by atoms with Crippen LogP contribution in [0.1, 0.15) is 54.3 Å². The van der Waals surface area contributed by atoms with Crippen LogP contribution in [0.4, 0.5) is 11.4 Å². The minimum absolute atomic E-state index is 0.114. The predicted octanol–water partition coefficient (Wildman–Crippen LogP) is 6.86. The van der Waals surface area contributed by atoms with Gasteiger partial charge in [0.1, 0.15) is 0 Å². The fraction of sp³-hybridized carbons (Fsp3) is 0.300. The highest BCUT2D eigenvalue weighted by molar-refractivity contribution is 5.72. The third kappa shape index (κ3) is 3.77. The third-order valence-electron chi connectivity index (χ3n) is 7.01. The summed E-state index contributed by atoms with van der Waals surface area (Å²) < 4.78 is 2.16. The first-order chi connectivity index (χ1) is 16.1. The number of rotatable bonds is 3. The number of fused-ring (bicyclic) bond motifs is 1. The van der Waals surface area contributed by atoms with Gasteiger partial charge in [-0.05, 0) is 66.6 Å². The van der Waals surface area contributed by atoms with E-state index in [4.69, 9.17) is 10.8 Å². The molecular weight excluding hydrogens is 416 g/mol. The van der Waals surface area contributed by atoms with Crippen LogP contribution >= 0.6 is 0 Å². The summed E-state index contributed by atoms with van der Waals surface area (Å²) in [6.07, 6.45) is 0. The van der Waals surface area contributed by atoms with E-state index in [1.807, 2.05) is 12.1 Å². The number of hydrogen-bond acceptors (Lipinski definition) is 3. The largest absolute Gasteiger partial charge is 0.399 e. The van der Waals surface area contributed by atoms with E-state index in [0.717, 1.165) is 30.0 Å². The minimum atomic E-state index is 0.114. The number of hydrogen-bond donors (Lipinski definition) is 1. The Labute approximate surface area is 203 Å². The number of aryl methyl sites for hydroxylation is 3. The van der Waals surface area contributed by atoms with Gasteiger partial charge in [-0.15, -0.1) is 0 Å². The number of benzene rings is 3. The zero-order valence-electron chi connectivity index (χ0n) is 21.1. The van der Waals surface area contributed by atoms with E-state index in [-0.39, 0.29) is 5.41 Å². The summed E-state index contributed by atoms with van der Waals surface area (Å²) in [6.45, 7) is 15.0. The van der Waals surface area contributed by atoms with Crippen molar-refractivity contribution in [3.8, 4) is 16.9 Å². The molecular formula is C30H34N4. The fourth-order valence-electron chi connectivity index (χ4n) is 5.04. The van der Waals surface area contributed by atoms with Crippen LogP contribution in [0.2, 0.25) is 0 Å². The lowest BCUT2D eigenvalue weighted by molar-refractivity contribution is 0.589. The summed E-state index contributed by atoms with van der Waals surface area (Å²) in [6, 6.07) is 21.5. The van der Waals surface area contributed by atoms with Crippen LogP contribution in [-0.2, 0) is 18.5 Å². The summed E-state index contributed by atoms with van der Waals surface area (Å²) in [7, 11) is 0. The Bertz CT molecular complexity index is 1350. The monoisotopic (exact) mass is 450 g/mol. The van der Waals surface area contributed by atoms with Gasteiger partial charge in [-0.2, -0.15) is 5.10 Å². The predicted molar refractivity (Wildman–Crippen MR) is 143 cm³/mol. The standard InChI is InChI=1S/C30H34N4/c1-19-10-13-23(30(4,5)6)16-27(19)33-17-25-26(18-33)32-34(28-20(2)8-7-9-21(28)3)29(25)22-11-14-24(31)15-12-22/h7-16H,17-18,31H2,1-6H3. The second-order valence-corrected chi connectivity index (χ2v) is 10.7. The van der Waals surface area contributed by atoms with Crippen LogP contribution in [0.25, 0.3) is 16.9 Å². The number of nitrogens with two attached hydrogens (primary N) is 1. The van der Waals surface area contributed by atoms with Crippen LogP contribution in [0.3, 0.4) is 0 Å². The molecule has 0 aliphatic carbocycles. The van der Waals surface area contributed by atoms with Gasteiger partial charge in [0, 0.05) is 29.0 Å². The average molecular weight is 451 g/mol. The number of aromatic nitrogens is 2. The van der Waals surface area contributed by atoms with Gasteiger partial charge >= 0.3 is 0 Å². The molecule has 0 unspecified atom stereocenters. The van der Waals surface area contributed by atoms with Crippen molar-refractivity contribution in [2.24, 2.45) is 0 Å². The van der Waals surface area contributed by atoms with Crippen molar-refractivity contribution in [2.45, 2.75) is 60.0 Å². The second kappa shape index (κ2) is 8.05. The van der Waals surface area contributed by atoms with Gasteiger partial charge in [-0.1, -0.05) is 63.2 Å². The highest BCUT2D eigenvalue weighted by Crippen LogP contribution is 2.39. The highest BCUT2D eigenvalue weighted by atomic mass is 15.3. The van der Waals surface area contributed by atoms with Crippen molar-refractivity contribution in [3.05, 3.63) is 94.2 Å². The van der Waals surface area contributed by atoms with Gasteiger partial charge in [-0.25, -0.2) is 4.68 Å². The van der Waals surface area contributed by atoms with Gasteiger partial charge in [0.15, 0.2) is 0 Å². The van der Waals surface area contributed by atoms with Crippen molar-refractivity contribution in [2.75, 3.05) is 10.6 Å². The molecule has 4 aromatic rings. The van der Waals surface area contributed by atoms with E-state index in [2.05, 4.69) is 99.7 Å². The average Bonchev–Trinajstić information content (AvgIpc) is 3.32. The molecule has 1 aliphatic rings. The van der Waals surface area contributed by atoms with E-state index >= 15 is 0 Å². The summed E-state index contributed by atoms with van der Waals surface area (Å²) in [5.74, 6) is 0. The molecule has 0 fully saturated rings. The lowest BCUT2D eigenvalue weighted by atomic mass is 9.86. The molecule has 2 N–H and O–H groups in total. The summed E-state index contributed by atoms with van der Waals surface area (Å²) in [4.78, 5) is 2.47. The first-order valence-electron chi connectivity index (χ1n) is 12.0. The zero-order chi connectivity index (χ0) is 24.2. The van der Waals surface area contributed by atoms with Crippen molar-refractivity contribution < 1.29 is 0 Å². The van der Waals surface area contributed by atoms with E-state index in [0.29, 0.717) is 0 Å². The molecule has 2 heterocycles. The molecule has 34 heavy (non-hydrogen) atoms. The maximum Gasteiger partial charge on any atom is 0.0878 e. The van der Waals surface area contributed by atoms with Gasteiger partial charge in [0.2, 0.25) is 0 Å². The van der Waals surface area contributed by atoms with Crippen LogP contribution < -0.4 is 10.6 Å². The Kier molecular flexibility index (Phi) is 5.27. The molecule has 1 aromatic heterocycles. The lowest BCUT2D eigenvalue weighted by Crippen LogP contribution is -2.19. The molecule has 1 aliphatic heterocycles. The summed E-state index contributed by atoms with van der Waals surface area (Å²) >= 11 is 0. The van der Waals surface area contributed by atoms with Crippen molar-refractivity contribution >= 4 is 11.4 Å². The Morgan fingerprint density at radius 3 is 2.15 bits per heavy atom. The Balaban J connectivity index is 1.64. The van der Waals surface area contributed by atoms with Gasteiger partial charge in [-0.3, -0.25) is 0 Å². The molecule has 0 amide bonds. The summed E-state index contributed by atoms with van der Waals surface area (Å²) in [5, 5.41) is 5.20. The molecule has 5 rings (SSSR count). The number of nitrogen functional groups attached to an aromatic ring is 1. The van der Waals surface area contributed by atoms with Crippen LogP contribution in [0.15, 0.2) is 60.7 Å². The maximum absolute atomic E-state index is 6.02. The number of anilines is 2. The Morgan fingerprint density at radius 2 is 1.50 bits per heavy atom. The molecule has 0 atom stereocenters. The van der Waals surface area contributed by atoms with Crippen molar-refractivity contribution in [3.63, 3.8) is 0 Å². The van der Waals surface area contributed by atoms with E-state index in [9.17, 15) is 0 Å². The van der Waals surface area contributed by atoms with E-state index in [1.54, 1.807) is 0 Å². The Hall–Kier alpha value is -3.53. The number of para-hydroxylation sites is 1. The second-order valence-electron chi connectivity index (χ2n) is 10.7. The smallest absolute Gasteiger partial charge is 0.0878 e. The lowest BCUT2D eigenvalue weighted by Gasteiger charge is -2.26. The zero-order valence-corrected chi connectivity index (χ0v) is 21.1. The SMILES string of the molecule is Cc1ccc(C(C)(C)C)cc1N1Cc2nn(-c3c(C)cccc3C)c(-c3ccc(N)cc3)c2C1. The van der Waals surface area contributed by atoms with Gasteiger partial charge in [0.05, 0.1) is 23.6 Å². The molecule has 3 aromatic carbocycles. The Morgan fingerprint density at radius 1 is 0.824 bits per heavy atom. The highest BCUT2D eigenvalue weighted by Gasteiger charge is 2.30. The fourth-order valence-corrected chi connectivity index (χ4v) is 5.04. The minimum Gasteiger partial charge on any atom is -0.399 e. The summed E-state index contributed by atoms with van der Waals surface area (Å²) in [5.41, 5.74) is 19.2. The number of nitrogens with zero attached hydrogens (tertiary/aromatic N) is 3. The van der Waals surface area contributed by atoms with Crippen molar-refractivity contribution in [1.82, 2.24) is 9.78 Å². The van der Waals surface area contributed by atoms with Gasteiger partial charge in [0.25, 0.3) is 0 Å². The molecule has 4 heteroatoms. The molecule has 0 saturated heterocycles. The maximum atomic E-state index is 6.02. The molecule has 174 valence electrons. The van der Waals surface area contributed by atoms with Crippen LogP contribution in [0.5, 0.6) is 0 Å². The quantitative estimate of drug-likeness (QED) is 0.347. The topological polar surface area (TPSA) is 47.1 Å².